The summed E-state index contributed by atoms with van der Waals surface area (Å²) in [5.74, 6) is 0. The van der Waals surface area contributed by atoms with Gasteiger partial charge in [-0.05, 0) is 25.8 Å². The molecule has 0 atom stereocenters. The summed E-state index contributed by atoms with van der Waals surface area (Å²) in [7, 11) is 0. The van der Waals surface area contributed by atoms with Crippen molar-refractivity contribution in [2.45, 2.75) is 31.7 Å². The summed E-state index contributed by atoms with van der Waals surface area (Å²) in [5, 5.41) is 7.05. The minimum Gasteiger partial charge on any atom is -0.325 e. The van der Waals surface area contributed by atoms with E-state index < -0.39 is 0 Å². The van der Waals surface area contributed by atoms with Gasteiger partial charge < -0.3 is 5.73 Å². The van der Waals surface area contributed by atoms with E-state index in [0.29, 0.717) is 0 Å². The molecule has 0 amide bonds. The van der Waals surface area contributed by atoms with E-state index in [1.54, 1.807) is 0 Å². The second-order valence-corrected chi connectivity index (χ2v) is 3.58. The van der Waals surface area contributed by atoms with Crippen LogP contribution in [0, 0.1) is 6.92 Å². The lowest BCUT2D eigenvalue weighted by Gasteiger charge is -2.03. The van der Waals surface area contributed by atoms with E-state index in [1.807, 2.05) is 6.92 Å². The molecule has 0 bridgehead atoms. The third-order valence-corrected chi connectivity index (χ3v) is 2.18. The van der Waals surface area contributed by atoms with Gasteiger partial charge in [0.2, 0.25) is 0 Å². The first-order chi connectivity index (χ1) is 5.18. The number of H-pyrrole nitrogens is 1. The molecule has 1 heterocycles. The molecule has 1 aromatic rings. The molecule has 0 saturated heterocycles. The monoisotopic (exact) mass is 151 g/mol. The Kier molecular flexibility index (Phi) is 1.29. The zero-order valence-electron chi connectivity index (χ0n) is 6.72. The number of aromatic amines is 1. The Hall–Kier alpha value is -0.830. The van der Waals surface area contributed by atoms with Crippen LogP contribution in [0.1, 0.15) is 24.2 Å². The summed E-state index contributed by atoms with van der Waals surface area (Å²) in [4.78, 5) is 0. The van der Waals surface area contributed by atoms with Crippen molar-refractivity contribution >= 4 is 0 Å². The number of hydrogen-bond acceptors (Lipinski definition) is 2. The van der Waals surface area contributed by atoms with Crippen molar-refractivity contribution in [3.63, 3.8) is 0 Å². The first kappa shape index (κ1) is 6.85. The summed E-state index contributed by atoms with van der Waals surface area (Å²) in [6.07, 6.45) is 3.23. The highest BCUT2D eigenvalue weighted by molar-refractivity contribution is 5.14. The highest BCUT2D eigenvalue weighted by Crippen LogP contribution is 2.35. The number of hydrogen-bond donors (Lipinski definition) is 2. The second kappa shape index (κ2) is 2.08. The first-order valence-corrected chi connectivity index (χ1v) is 3.98. The quantitative estimate of drug-likeness (QED) is 0.655. The molecule has 11 heavy (non-hydrogen) atoms. The maximum Gasteiger partial charge on any atom is 0.0643 e. The van der Waals surface area contributed by atoms with E-state index in [4.69, 9.17) is 5.73 Å². The van der Waals surface area contributed by atoms with Crippen LogP contribution in [0.2, 0.25) is 0 Å². The van der Waals surface area contributed by atoms with Gasteiger partial charge in [0.05, 0.1) is 5.69 Å². The van der Waals surface area contributed by atoms with Crippen LogP contribution >= 0.6 is 0 Å². The fourth-order valence-electron chi connectivity index (χ4n) is 1.26. The van der Waals surface area contributed by atoms with E-state index in [-0.39, 0.29) is 5.54 Å². The summed E-state index contributed by atoms with van der Waals surface area (Å²) in [6.45, 7) is 2.01. The zero-order valence-corrected chi connectivity index (χ0v) is 6.72. The van der Waals surface area contributed by atoms with Gasteiger partial charge in [-0.1, -0.05) is 0 Å². The van der Waals surface area contributed by atoms with Crippen LogP contribution in [0.15, 0.2) is 6.07 Å². The van der Waals surface area contributed by atoms with E-state index >= 15 is 0 Å². The van der Waals surface area contributed by atoms with Crippen LogP contribution in [0.25, 0.3) is 0 Å². The summed E-state index contributed by atoms with van der Waals surface area (Å²) in [5.41, 5.74) is 8.23. The highest BCUT2D eigenvalue weighted by Gasteiger charge is 2.38. The maximum absolute atomic E-state index is 5.93. The molecule has 3 N–H and O–H groups in total. The maximum atomic E-state index is 5.93. The molecule has 2 rings (SSSR count). The van der Waals surface area contributed by atoms with Crippen molar-refractivity contribution in [1.29, 1.82) is 0 Å². The molecule has 0 unspecified atom stereocenters. The normalized spacial score (nSPS) is 20.2. The predicted molar refractivity (Wildman–Crippen MR) is 43.2 cm³/mol. The molecule has 3 nitrogen and oxygen atoms in total. The Labute approximate surface area is 66.0 Å². The number of nitrogens with zero attached hydrogens (tertiary/aromatic N) is 1. The summed E-state index contributed by atoms with van der Waals surface area (Å²) in [6, 6.07) is 2.06. The lowest BCUT2D eigenvalue weighted by Crippen LogP contribution is -2.24. The molecular weight excluding hydrogens is 138 g/mol. The fraction of sp³-hybridized carbons (Fsp3) is 0.625. The number of aromatic nitrogens is 2. The molecular formula is C8H13N3. The largest absolute Gasteiger partial charge is 0.325 e. The Morgan fingerprint density at radius 3 is 2.91 bits per heavy atom. The molecule has 1 fully saturated rings. The Morgan fingerprint density at radius 2 is 2.45 bits per heavy atom. The molecule has 0 aromatic carbocycles. The zero-order chi connectivity index (χ0) is 7.90. The fourth-order valence-corrected chi connectivity index (χ4v) is 1.26. The number of aryl methyl sites for hydroxylation is 1. The van der Waals surface area contributed by atoms with E-state index in [1.165, 1.54) is 0 Å². The average molecular weight is 151 g/mol. The van der Waals surface area contributed by atoms with Crippen LogP contribution in [0.5, 0.6) is 0 Å². The topological polar surface area (TPSA) is 54.7 Å². The van der Waals surface area contributed by atoms with Gasteiger partial charge in [-0.3, -0.25) is 5.10 Å². The Morgan fingerprint density at radius 1 is 1.73 bits per heavy atom. The smallest absolute Gasteiger partial charge is 0.0643 e. The van der Waals surface area contributed by atoms with Crippen LogP contribution in [-0.2, 0) is 6.42 Å². The second-order valence-electron chi connectivity index (χ2n) is 3.58. The van der Waals surface area contributed by atoms with Crippen molar-refractivity contribution < 1.29 is 0 Å². The summed E-state index contributed by atoms with van der Waals surface area (Å²) < 4.78 is 0. The van der Waals surface area contributed by atoms with Crippen molar-refractivity contribution in [3.05, 3.63) is 17.5 Å². The first-order valence-electron chi connectivity index (χ1n) is 3.98. The van der Waals surface area contributed by atoms with Crippen molar-refractivity contribution in [1.82, 2.24) is 10.2 Å². The van der Waals surface area contributed by atoms with E-state index in [2.05, 4.69) is 16.3 Å². The van der Waals surface area contributed by atoms with E-state index in [0.717, 1.165) is 30.7 Å². The minimum absolute atomic E-state index is 0.0850. The molecule has 1 aromatic heterocycles. The Bertz CT molecular complexity index is 260. The highest BCUT2D eigenvalue weighted by atomic mass is 15.1. The third-order valence-electron chi connectivity index (χ3n) is 2.18. The van der Waals surface area contributed by atoms with Crippen LogP contribution in [0.4, 0.5) is 0 Å². The van der Waals surface area contributed by atoms with E-state index in [9.17, 15) is 0 Å². The van der Waals surface area contributed by atoms with Gasteiger partial charge in [0.1, 0.15) is 0 Å². The molecule has 0 spiro atoms. The van der Waals surface area contributed by atoms with Crippen LogP contribution in [-0.4, -0.2) is 15.7 Å². The molecule has 1 saturated carbocycles. The molecule has 1 aliphatic carbocycles. The molecule has 3 heteroatoms. The SMILES string of the molecule is Cc1cc(CC2(N)CC2)n[nH]1. The van der Waals surface area contributed by atoms with Gasteiger partial charge >= 0.3 is 0 Å². The lowest BCUT2D eigenvalue weighted by atomic mass is 10.1. The number of nitrogens with one attached hydrogen (secondary N) is 1. The minimum atomic E-state index is 0.0850. The Balaban J connectivity index is 2.06. The van der Waals surface area contributed by atoms with Crippen LogP contribution in [0.3, 0.4) is 0 Å². The third kappa shape index (κ3) is 1.43. The summed E-state index contributed by atoms with van der Waals surface area (Å²) >= 11 is 0. The van der Waals surface area contributed by atoms with Gasteiger partial charge in [-0.15, -0.1) is 0 Å². The van der Waals surface area contributed by atoms with Gasteiger partial charge in [-0.2, -0.15) is 5.10 Å². The van der Waals surface area contributed by atoms with Gasteiger partial charge in [0.15, 0.2) is 0 Å². The van der Waals surface area contributed by atoms with Crippen molar-refractivity contribution in [2.75, 3.05) is 0 Å². The number of nitrogens with two attached hydrogens (primary N) is 1. The van der Waals surface area contributed by atoms with Crippen molar-refractivity contribution in [2.24, 2.45) is 5.73 Å². The van der Waals surface area contributed by atoms with Crippen molar-refractivity contribution in [3.8, 4) is 0 Å². The lowest BCUT2D eigenvalue weighted by molar-refractivity contribution is 0.657. The molecule has 60 valence electrons. The molecule has 0 radical (unpaired) electrons. The number of rotatable bonds is 2. The van der Waals surface area contributed by atoms with Gasteiger partial charge in [0, 0.05) is 17.7 Å². The molecule has 1 aliphatic rings. The average Bonchev–Trinajstić information content (AvgIpc) is 2.49. The standard InChI is InChI=1S/C8H13N3/c1-6-4-7(11-10-6)5-8(9)2-3-8/h4H,2-3,5,9H2,1H3,(H,10,11). The molecule has 0 aliphatic heterocycles. The van der Waals surface area contributed by atoms with Gasteiger partial charge in [-0.25, -0.2) is 0 Å². The van der Waals surface area contributed by atoms with Gasteiger partial charge in [0.25, 0.3) is 0 Å². The predicted octanol–water partition coefficient (Wildman–Crippen LogP) is 0.752. The van der Waals surface area contributed by atoms with Crippen LogP contribution < -0.4 is 5.73 Å².